The summed E-state index contributed by atoms with van der Waals surface area (Å²) < 4.78 is 5.52. The third kappa shape index (κ3) is 3.96. The molecule has 1 aromatic heterocycles. The Morgan fingerprint density at radius 3 is 2.56 bits per heavy atom. The van der Waals surface area contributed by atoms with E-state index in [9.17, 15) is 0 Å². The Kier molecular flexibility index (Phi) is 5.73. The molecule has 158 valence electrons. The summed E-state index contributed by atoms with van der Waals surface area (Å²) >= 11 is 0. The van der Waals surface area contributed by atoms with E-state index in [0.717, 1.165) is 34.2 Å². The highest BCUT2D eigenvalue weighted by Gasteiger charge is 2.19. The van der Waals surface area contributed by atoms with Gasteiger partial charge in [-0.1, -0.05) is 42.5 Å². The Morgan fingerprint density at radius 2 is 1.84 bits per heavy atom. The summed E-state index contributed by atoms with van der Waals surface area (Å²) in [6, 6.07) is 20.3. The number of fused-ring (bicyclic) bond motifs is 1. The Morgan fingerprint density at radius 1 is 1.06 bits per heavy atom. The van der Waals surface area contributed by atoms with Crippen LogP contribution in [0.2, 0.25) is 0 Å². The molecule has 0 radical (unpaired) electrons. The van der Waals surface area contributed by atoms with Crippen LogP contribution < -0.4 is 16.2 Å². The molecular formula is C26H23N5O. The summed E-state index contributed by atoms with van der Waals surface area (Å²) in [6.07, 6.45) is 4.02. The molecule has 0 aliphatic heterocycles. The Balaban J connectivity index is 2.02. The summed E-state index contributed by atoms with van der Waals surface area (Å²) in [5.41, 5.74) is 19.1. The van der Waals surface area contributed by atoms with E-state index in [2.05, 4.69) is 47.2 Å². The molecule has 32 heavy (non-hydrogen) atoms. The third-order valence-corrected chi connectivity index (χ3v) is 5.37. The SMILES string of the molecule is COc1ccc(-c2c(C)cc(/C=C/C#N)cc2Cc2ccccc2)c2nc(N)nc(N)c12. The average molecular weight is 422 g/mol. The number of anilines is 2. The lowest BCUT2D eigenvalue weighted by Gasteiger charge is -2.18. The number of nitrogen functional groups attached to an aromatic ring is 2. The number of aromatic nitrogens is 2. The first-order valence-electron chi connectivity index (χ1n) is 10.2. The van der Waals surface area contributed by atoms with Gasteiger partial charge in [0.05, 0.1) is 24.1 Å². The molecule has 1 heterocycles. The fourth-order valence-electron chi connectivity index (χ4n) is 4.09. The molecule has 0 saturated carbocycles. The number of allylic oxidation sites excluding steroid dienone is 1. The predicted molar refractivity (Wildman–Crippen MR) is 129 cm³/mol. The Labute approximate surface area is 186 Å². The molecule has 0 bridgehead atoms. The first kappa shape index (κ1) is 20.9. The normalized spacial score (nSPS) is 11.0. The first-order valence-corrected chi connectivity index (χ1v) is 10.2. The monoisotopic (exact) mass is 421 g/mol. The molecule has 4 aromatic rings. The number of rotatable bonds is 5. The molecule has 0 aliphatic rings. The fourth-order valence-corrected chi connectivity index (χ4v) is 4.09. The van der Waals surface area contributed by atoms with E-state index in [0.29, 0.717) is 16.7 Å². The van der Waals surface area contributed by atoms with Gasteiger partial charge in [0.1, 0.15) is 11.6 Å². The lowest BCUT2D eigenvalue weighted by molar-refractivity contribution is 0.420. The lowest BCUT2D eigenvalue weighted by atomic mass is 9.88. The number of hydrogen-bond acceptors (Lipinski definition) is 6. The maximum Gasteiger partial charge on any atom is 0.222 e. The van der Waals surface area contributed by atoms with E-state index in [1.807, 2.05) is 36.4 Å². The van der Waals surface area contributed by atoms with Crippen molar-refractivity contribution in [2.45, 2.75) is 13.3 Å². The molecule has 6 heteroatoms. The molecule has 0 spiro atoms. The molecule has 3 aromatic carbocycles. The van der Waals surface area contributed by atoms with Crippen LogP contribution in [0.1, 0.15) is 22.3 Å². The lowest BCUT2D eigenvalue weighted by Crippen LogP contribution is -2.04. The second kappa shape index (κ2) is 8.78. The van der Waals surface area contributed by atoms with Gasteiger partial charge in [0, 0.05) is 11.6 Å². The Bertz CT molecular complexity index is 1370. The second-order valence-corrected chi connectivity index (χ2v) is 7.50. The molecule has 0 aliphatic carbocycles. The molecule has 6 nitrogen and oxygen atoms in total. The summed E-state index contributed by atoms with van der Waals surface area (Å²) in [4.78, 5) is 8.66. The van der Waals surface area contributed by atoms with E-state index in [1.165, 1.54) is 11.6 Å². The van der Waals surface area contributed by atoms with Crippen LogP contribution in [-0.4, -0.2) is 17.1 Å². The molecule has 0 fully saturated rings. The minimum Gasteiger partial charge on any atom is -0.496 e. The van der Waals surface area contributed by atoms with Gasteiger partial charge in [0.25, 0.3) is 0 Å². The van der Waals surface area contributed by atoms with E-state index >= 15 is 0 Å². The van der Waals surface area contributed by atoms with E-state index in [4.69, 9.17) is 21.5 Å². The van der Waals surface area contributed by atoms with Crippen LogP contribution in [0.25, 0.3) is 28.1 Å². The van der Waals surface area contributed by atoms with E-state index in [1.54, 1.807) is 7.11 Å². The predicted octanol–water partition coefficient (Wildman–Crippen LogP) is 4.91. The molecule has 0 atom stereocenters. The standard InChI is InChI=1S/C26H23N5O/c1-16-13-18(9-6-12-27)15-19(14-17-7-4-3-5-8-17)22(16)20-10-11-21(32-2)23-24(20)30-26(29)31-25(23)28/h3-11,13,15H,14H2,1-2H3,(H4,28,29,30,31)/b9-6+. The van der Waals surface area contributed by atoms with Gasteiger partial charge in [-0.3, -0.25) is 0 Å². The van der Waals surface area contributed by atoms with Crippen molar-refractivity contribution < 1.29 is 4.74 Å². The van der Waals surface area contributed by atoms with Crippen molar-refractivity contribution >= 4 is 28.7 Å². The fraction of sp³-hybridized carbons (Fsp3) is 0.115. The van der Waals surface area contributed by atoms with Crippen LogP contribution in [0.5, 0.6) is 5.75 Å². The molecule has 4 N–H and O–H groups in total. The van der Waals surface area contributed by atoms with Crippen molar-refractivity contribution in [1.82, 2.24) is 9.97 Å². The number of nitriles is 1. The number of nitrogens with two attached hydrogens (primary N) is 2. The van der Waals surface area contributed by atoms with Crippen LogP contribution in [-0.2, 0) is 6.42 Å². The van der Waals surface area contributed by atoms with Crippen LogP contribution in [0, 0.1) is 18.3 Å². The number of aryl methyl sites for hydroxylation is 1. The summed E-state index contributed by atoms with van der Waals surface area (Å²) in [6.45, 7) is 2.05. The van der Waals surface area contributed by atoms with Crippen LogP contribution in [0.3, 0.4) is 0 Å². The maximum atomic E-state index is 8.97. The van der Waals surface area contributed by atoms with Gasteiger partial charge >= 0.3 is 0 Å². The maximum absolute atomic E-state index is 8.97. The van der Waals surface area contributed by atoms with Gasteiger partial charge in [-0.2, -0.15) is 10.2 Å². The average Bonchev–Trinajstić information content (AvgIpc) is 2.78. The topological polar surface area (TPSA) is 111 Å². The van der Waals surface area contributed by atoms with Gasteiger partial charge in [-0.05, 0) is 59.4 Å². The zero-order valence-corrected chi connectivity index (χ0v) is 18.0. The molecule has 0 saturated heterocycles. The van der Waals surface area contributed by atoms with E-state index in [-0.39, 0.29) is 11.8 Å². The van der Waals surface area contributed by atoms with Crippen molar-refractivity contribution in [3.05, 3.63) is 82.9 Å². The first-order chi connectivity index (χ1) is 15.5. The summed E-state index contributed by atoms with van der Waals surface area (Å²) in [5.74, 6) is 0.986. The van der Waals surface area contributed by atoms with Gasteiger partial charge in [0.15, 0.2) is 0 Å². The largest absolute Gasteiger partial charge is 0.496 e. The Hall–Kier alpha value is -4.37. The highest BCUT2D eigenvalue weighted by molar-refractivity contribution is 6.04. The summed E-state index contributed by atoms with van der Waals surface area (Å²) in [7, 11) is 1.59. The van der Waals surface area contributed by atoms with Gasteiger partial charge in [-0.15, -0.1) is 0 Å². The van der Waals surface area contributed by atoms with Crippen molar-refractivity contribution in [3.63, 3.8) is 0 Å². The minimum absolute atomic E-state index is 0.111. The van der Waals surface area contributed by atoms with Crippen molar-refractivity contribution in [1.29, 1.82) is 5.26 Å². The number of ether oxygens (including phenoxy) is 1. The minimum atomic E-state index is 0.111. The number of nitrogens with zero attached hydrogens (tertiary/aromatic N) is 3. The quantitative estimate of drug-likeness (QED) is 0.443. The third-order valence-electron chi connectivity index (χ3n) is 5.37. The zero-order valence-electron chi connectivity index (χ0n) is 18.0. The number of benzene rings is 3. The highest BCUT2D eigenvalue weighted by Crippen LogP contribution is 2.40. The molecule has 4 rings (SSSR count). The number of hydrogen-bond donors (Lipinski definition) is 2. The highest BCUT2D eigenvalue weighted by atomic mass is 16.5. The van der Waals surface area contributed by atoms with Crippen molar-refractivity contribution in [2.24, 2.45) is 0 Å². The van der Waals surface area contributed by atoms with Crippen LogP contribution >= 0.6 is 0 Å². The molecule has 0 amide bonds. The molecule has 0 unspecified atom stereocenters. The van der Waals surface area contributed by atoms with Crippen molar-refractivity contribution in [2.75, 3.05) is 18.6 Å². The van der Waals surface area contributed by atoms with Crippen LogP contribution in [0.4, 0.5) is 11.8 Å². The molecular weight excluding hydrogens is 398 g/mol. The van der Waals surface area contributed by atoms with E-state index < -0.39 is 0 Å². The van der Waals surface area contributed by atoms with Gasteiger partial charge in [0.2, 0.25) is 5.95 Å². The van der Waals surface area contributed by atoms with Gasteiger partial charge in [-0.25, -0.2) is 4.98 Å². The number of methoxy groups -OCH3 is 1. The zero-order chi connectivity index (χ0) is 22.7. The van der Waals surface area contributed by atoms with Crippen molar-refractivity contribution in [3.8, 4) is 22.9 Å². The summed E-state index contributed by atoms with van der Waals surface area (Å²) in [5, 5.41) is 9.60. The second-order valence-electron chi connectivity index (χ2n) is 7.50. The van der Waals surface area contributed by atoms with Crippen LogP contribution in [0.15, 0.2) is 60.7 Å². The smallest absolute Gasteiger partial charge is 0.222 e. The van der Waals surface area contributed by atoms with Gasteiger partial charge < -0.3 is 16.2 Å².